The Morgan fingerprint density at radius 2 is 1.44 bits per heavy atom. The van der Waals surface area contributed by atoms with Crippen LogP contribution in [0.15, 0.2) is 66.1 Å². The van der Waals surface area contributed by atoms with Gasteiger partial charge in [0.1, 0.15) is 0 Å². The highest BCUT2D eigenvalue weighted by molar-refractivity contribution is 7.92. The maximum Gasteiger partial charge on any atom is 0.236 e. The Kier molecular flexibility index (Phi) is 6.02. The van der Waals surface area contributed by atoms with Gasteiger partial charge in [0.2, 0.25) is 10.0 Å². The third-order valence-corrected chi connectivity index (χ3v) is 6.05. The molecule has 0 unspecified atom stereocenters. The van der Waals surface area contributed by atoms with Crippen LogP contribution in [0.5, 0.6) is 0 Å². The Morgan fingerprint density at radius 3 is 2.08 bits per heavy atom. The van der Waals surface area contributed by atoms with Gasteiger partial charge in [0, 0.05) is 38.1 Å². The van der Waals surface area contributed by atoms with Gasteiger partial charge in [0.05, 0.1) is 0 Å². The van der Waals surface area contributed by atoms with E-state index in [1.807, 2.05) is 36.4 Å². The Hall–Kier alpha value is -1.95. The van der Waals surface area contributed by atoms with E-state index < -0.39 is 10.0 Å². The fourth-order valence-electron chi connectivity index (χ4n) is 2.95. The summed E-state index contributed by atoms with van der Waals surface area (Å²) in [5, 5.41) is 1.32. The standard InChI is InChI=1S/C20H24N2O2S/c23-25(24,18-12-20-9-5-2-6-10-20)22-16-14-21(15-17-22)13-11-19-7-3-1-4-8-19/h1-10,12,18H,11,13-17H2/b18-12+. The normalized spacial score (nSPS) is 17.1. The Balaban J connectivity index is 1.50. The second-order valence-electron chi connectivity index (χ2n) is 6.23. The fourth-order valence-corrected chi connectivity index (χ4v) is 4.13. The van der Waals surface area contributed by atoms with Crippen molar-refractivity contribution in [3.05, 3.63) is 77.2 Å². The topological polar surface area (TPSA) is 40.6 Å². The zero-order chi connectivity index (χ0) is 17.5. The molecule has 0 radical (unpaired) electrons. The maximum absolute atomic E-state index is 12.5. The van der Waals surface area contributed by atoms with Gasteiger partial charge < -0.3 is 4.90 Å². The van der Waals surface area contributed by atoms with Crippen LogP contribution in [0.4, 0.5) is 0 Å². The van der Waals surface area contributed by atoms with Crippen LogP contribution < -0.4 is 0 Å². The molecule has 132 valence electrons. The Morgan fingerprint density at radius 1 is 0.840 bits per heavy atom. The SMILES string of the molecule is O=S(=O)(/C=C/c1ccccc1)N1CCN(CCc2ccccc2)CC1. The zero-order valence-corrected chi connectivity index (χ0v) is 15.1. The summed E-state index contributed by atoms with van der Waals surface area (Å²) in [6.07, 6.45) is 2.67. The number of piperazine rings is 1. The molecule has 0 saturated carbocycles. The quantitative estimate of drug-likeness (QED) is 0.799. The van der Waals surface area contributed by atoms with Gasteiger partial charge in [-0.2, -0.15) is 4.31 Å². The van der Waals surface area contributed by atoms with Crippen LogP contribution in [0.1, 0.15) is 11.1 Å². The summed E-state index contributed by atoms with van der Waals surface area (Å²) in [6, 6.07) is 19.9. The van der Waals surface area contributed by atoms with Crippen molar-refractivity contribution in [2.24, 2.45) is 0 Å². The number of hydrogen-bond acceptors (Lipinski definition) is 3. The lowest BCUT2D eigenvalue weighted by Crippen LogP contribution is -2.48. The van der Waals surface area contributed by atoms with E-state index in [2.05, 4.69) is 29.2 Å². The molecule has 1 saturated heterocycles. The smallest absolute Gasteiger partial charge is 0.236 e. The van der Waals surface area contributed by atoms with E-state index in [0.29, 0.717) is 13.1 Å². The highest BCUT2D eigenvalue weighted by Gasteiger charge is 2.24. The van der Waals surface area contributed by atoms with Crippen LogP contribution in [-0.4, -0.2) is 50.3 Å². The molecule has 0 aliphatic carbocycles. The van der Waals surface area contributed by atoms with Crippen molar-refractivity contribution in [2.75, 3.05) is 32.7 Å². The zero-order valence-electron chi connectivity index (χ0n) is 14.3. The van der Waals surface area contributed by atoms with Crippen molar-refractivity contribution in [1.82, 2.24) is 9.21 Å². The maximum atomic E-state index is 12.5. The van der Waals surface area contributed by atoms with Crippen LogP contribution in [0.2, 0.25) is 0 Å². The second-order valence-corrected chi connectivity index (χ2v) is 8.05. The van der Waals surface area contributed by atoms with E-state index in [1.165, 1.54) is 11.0 Å². The van der Waals surface area contributed by atoms with Gasteiger partial charge in [0.25, 0.3) is 0 Å². The molecule has 0 spiro atoms. The number of nitrogens with zero attached hydrogens (tertiary/aromatic N) is 2. The van der Waals surface area contributed by atoms with E-state index in [1.54, 1.807) is 10.4 Å². The Bertz CT molecular complexity index is 781. The molecule has 2 aromatic rings. The summed E-state index contributed by atoms with van der Waals surface area (Å²) in [5.41, 5.74) is 2.22. The predicted molar refractivity (Wildman–Crippen MR) is 103 cm³/mol. The molecule has 1 heterocycles. The third-order valence-electron chi connectivity index (χ3n) is 4.48. The lowest BCUT2D eigenvalue weighted by atomic mass is 10.1. The molecule has 2 aromatic carbocycles. The minimum atomic E-state index is -3.35. The van der Waals surface area contributed by atoms with Crippen molar-refractivity contribution < 1.29 is 8.42 Å². The number of sulfonamides is 1. The van der Waals surface area contributed by atoms with Gasteiger partial charge in [-0.1, -0.05) is 60.7 Å². The first kappa shape index (κ1) is 17.9. The minimum absolute atomic E-state index is 0.552. The summed E-state index contributed by atoms with van der Waals surface area (Å²) >= 11 is 0. The summed E-state index contributed by atoms with van der Waals surface area (Å²) in [6.45, 7) is 3.64. The van der Waals surface area contributed by atoms with E-state index in [0.717, 1.165) is 31.6 Å². The molecule has 0 aromatic heterocycles. The van der Waals surface area contributed by atoms with Crippen molar-refractivity contribution in [3.63, 3.8) is 0 Å². The molecular weight excluding hydrogens is 332 g/mol. The molecule has 0 N–H and O–H groups in total. The van der Waals surface area contributed by atoms with Crippen molar-refractivity contribution in [3.8, 4) is 0 Å². The van der Waals surface area contributed by atoms with Crippen LogP contribution in [0, 0.1) is 0 Å². The highest BCUT2D eigenvalue weighted by Crippen LogP contribution is 2.12. The molecule has 4 nitrogen and oxygen atoms in total. The number of rotatable bonds is 6. The second kappa shape index (κ2) is 8.43. The molecule has 1 aliphatic rings. The minimum Gasteiger partial charge on any atom is -0.300 e. The van der Waals surface area contributed by atoms with E-state index >= 15 is 0 Å². The van der Waals surface area contributed by atoms with Gasteiger partial charge in [-0.25, -0.2) is 8.42 Å². The van der Waals surface area contributed by atoms with Crippen LogP contribution in [0.3, 0.4) is 0 Å². The molecule has 3 rings (SSSR count). The van der Waals surface area contributed by atoms with Crippen LogP contribution >= 0.6 is 0 Å². The van der Waals surface area contributed by atoms with Gasteiger partial charge in [-0.15, -0.1) is 0 Å². The van der Waals surface area contributed by atoms with Crippen LogP contribution in [0.25, 0.3) is 6.08 Å². The molecule has 25 heavy (non-hydrogen) atoms. The number of benzene rings is 2. The molecule has 0 atom stereocenters. The lowest BCUT2D eigenvalue weighted by molar-refractivity contribution is 0.191. The average Bonchev–Trinajstić information content (AvgIpc) is 2.67. The summed E-state index contributed by atoms with van der Waals surface area (Å²) in [5.74, 6) is 0. The van der Waals surface area contributed by atoms with Gasteiger partial charge in [0.15, 0.2) is 0 Å². The molecule has 1 aliphatic heterocycles. The monoisotopic (exact) mass is 356 g/mol. The van der Waals surface area contributed by atoms with Crippen molar-refractivity contribution >= 4 is 16.1 Å². The summed E-state index contributed by atoms with van der Waals surface area (Å²) in [7, 11) is -3.35. The van der Waals surface area contributed by atoms with Gasteiger partial charge in [-0.05, 0) is 23.6 Å². The first-order valence-electron chi connectivity index (χ1n) is 8.63. The first-order chi connectivity index (χ1) is 12.1. The molecule has 1 fully saturated rings. The summed E-state index contributed by atoms with van der Waals surface area (Å²) in [4.78, 5) is 2.33. The van der Waals surface area contributed by atoms with E-state index in [4.69, 9.17) is 0 Å². The average molecular weight is 356 g/mol. The molecule has 0 amide bonds. The molecular formula is C20H24N2O2S. The summed E-state index contributed by atoms with van der Waals surface area (Å²) < 4.78 is 26.5. The lowest BCUT2D eigenvalue weighted by Gasteiger charge is -2.33. The molecule has 5 heteroatoms. The van der Waals surface area contributed by atoms with Gasteiger partial charge in [-0.3, -0.25) is 0 Å². The van der Waals surface area contributed by atoms with Gasteiger partial charge >= 0.3 is 0 Å². The Labute approximate surface area is 150 Å². The van der Waals surface area contributed by atoms with Crippen LogP contribution in [-0.2, 0) is 16.4 Å². The fraction of sp³-hybridized carbons (Fsp3) is 0.300. The largest absolute Gasteiger partial charge is 0.300 e. The highest BCUT2D eigenvalue weighted by atomic mass is 32.2. The predicted octanol–water partition coefficient (Wildman–Crippen LogP) is 2.85. The van der Waals surface area contributed by atoms with Crippen molar-refractivity contribution in [2.45, 2.75) is 6.42 Å². The number of hydrogen-bond donors (Lipinski definition) is 0. The first-order valence-corrected chi connectivity index (χ1v) is 10.1. The van der Waals surface area contributed by atoms with Crippen molar-refractivity contribution in [1.29, 1.82) is 0 Å². The third kappa shape index (κ3) is 5.26. The van der Waals surface area contributed by atoms with E-state index in [9.17, 15) is 8.42 Å². The van der Waals surface area contributed by atoms with E-state index in [-0.39, 0.29) is 0 Å². The molecule has 0 bridgehead atoms.